The van der Waals surface area contributed by atoms with Crippen LogP contribution in [0.15, 0.2) is 0 Å². The van der Waals surface area contributed by atoms with Crippen molar-refractivity contribution in [1.82, 2.24) is 0 Å². The molecule has 0 N–H and O–H groups in total. The third kappa shape index (κ3) is 7.42. The Balaban J connectivity index is 4.02. The molecule has 0 heterocycles. The lowest BCUT2D eigenvalue weighted by Crippen LogP contribution is -2.33. The van der Waals surface area contributed by atoms with Crippen LogP contribution >= 0.6 is 0 Å². The van der Waals surface area contributed by atoms with E-state index in [4.69, 9.17) is 9.16 Å². The van der Waals surface area contributed by atoms with Gasteiger partial charge in [0.05, 0.1) is 0 Å². The van der Waals surface area contributed by atoms with Gasteiger partial charge in [-0.2, -0.15) is 0 Å². The summed E-state index contributed by atoms with van der Waals surface area (Å²) in [5.41, 5.74) is 0. The van der Waals surface area contributed by atoms with E-state index in [9.17, 15) is 0 Å². The van der Waals surface area contributed by atoms with E-state index in [1.807, 2.05) is 6.92 Å². The molecule has 0 aromatic heterocycles. The maximum Gasteiger partial charge on any atom is 0.185 e. The molecule has 0 fully saturated rings. The van der Waals surface area contributed by atoms with E-state index >= 15 is 0 Å². The molecule has 0 radical (unpaired) electrons. The molecule has 0 saturated heterocycles. The second-order valence-corrected chi connectivity index (χ2v) is 9.20. The van der Waals surface area contributed by atoms with E-state index < -0.39 is 9.04 Å². The summed E-state index contributed by atoms with van der Waals surface area (Å²) in [5.74, 6) is 0. The van der Waals surface area contributed by atoms with Crippen molar-refractivity contribution in [1.29, 1.82) is 0 Å². The molecule has 0 aliphatic heterocycles. The van der Waals surface area contributed by atoms with Crippen LogP contribution in [0.1, 0.15) is 60.3 Å². The smallest absolute Gasteiger partial charge is 0.185 e. The molecule has 98 valence electrons. The molecule has 3 heteroatoms. The minimum atomic E-state index is -1.17. The van der Waals surface area contributed by atoms with Crippen molar-refractivity contribution in [3.05, 3.63) is 0 Å². The van der Waals surface area contributed by atoms with Crippen LogP contribution in [-0.2, 0) is 9.16 Å². The highest BCUT2D eigenvalue weighted by Gasteiger charge is 2.28. The lowest BCUT2D eigenvalue weighted by atomic mass is 10.2. The first-order chi connectivity index (χ1) is 7.41. The summed E-state index contributed by atoms with van der Waals surface area (Å²) in [5, 5.41) is 0.332. The van der Waals surface area contributed by atoms with Crippen molar-refractivity contribution < 1.29 is 9.16 Å². The van der Waals surface area contributed by atoms with Crippen molar-refractivity contribution >= 4 is 9.04 Å². The first-order valence-corrected chi connectivity index (χ1v) is 8.46. The summed E-state index contributed by atoms with van der Waals surface area (Å²) in [6.45, 7) is 11.1. The molecule has 0 aromatic carbocycles. The van der Waals surface area contributed by atoms with Gasteiger partial charge in [-0.05, 0) is 18.0 Å². The number of rotatable bonds is 8. The highest BCUT2D eigenvalue weighted by atomic mass is 28.3. The van der Waals surface area contributed by atoms with Crippen LogP contribution in [0.2, 0.25) is 11.1 Å². The number of unbranched alkanes of at least 4 members (excludes halogenated alkanes) is 3. The van der Waals surface area contributed by atoms with Crippen molar-refractivity contribution in [2.24, 2.45) is 0 Å². The Labute approximate surface area is 103 Å². The molecule has 0 bridgehead atoms. The Kier molecular flexibility index (Phi) is 8.33. The Hall–Kier alpha value is 0.137. The highest BCUT2D eigenvalue weighted by molar-refractivity contribution is 6.55. The Morgan fingerprint density at radius 2 is 1.75 bits per heavy atom. The second-order valence-electron chi connectivity index (χ2n) is 5.64. The van der Waals surface area contributed by atoms with Gasteiger partial charge >= 0.3 is 0 Å². The van der Waals surface area contributed by atoms with Gasteiger partial charge in [-0.3, -0.25) is 0 Å². The molecule has 0 aromatic rings. The average Bonchev–Trinajstić information content (AvgIpc) is 2.20. The van der Waals surface area contributed by atoms with Gasteiger partial charge in [-0.1, -0.05) is 53.4 Å². The topological polar surface area (TPSA) is 18.5 Å². The summed E-state index contributed by atoms with van der Waals surface area (Å²) < 4.78 is 11.3. The molecule has 0 amide bonds. The van der Waals surface area contributed by atoms with Crippen molar-refractivity contribution in [3.63, 3.8) is 0 Å². The normalized spacial score (nSPS) is 16.1. The Bertz CT molecular complexity index is 166. The SMILES string of the molecule is CCCCCC[SiH](OC(C)OC)C(C)(C)C. The van der Waals surface area contributed by atoms with E-state index in [0.717, 1.165) is 0 Å². The fraction of sp³-hybridized carbons (Fsp3) is 1.00. The van der Waals surface area contributed by atoms with Crippen LogP contribution in [0.4, 0.5) is 0 Å². The fourth-order valence-electron chi connectivity index (χ4n) is 1.75. The van der Waals surface area contributed by atoms with Crippen molar-refractivity contribution in [2.45, 2.75) is 77.7 Å². The fourth-order valence-corrected chi connectivity index (χ4v) is 4.39. The molecule has 0 rings (SSSR count). The van der Waals surface area contributed by atoms with Gasteiger partial charge in [0.15, 0.2) is 9.04 Å². The Morgan fingerprint density at radius 1 is 1.12 bits per heavy atom. The predicted octanol–water partition coefficient (Wildman–Crippen LogP) is 4.10. The molecule has 16 heavy (non-hydrogen) atoms. The van der Waals surface area contributed by atoms with E-state index in [0.29, 0.717) is 5.04 Å². The average molecular weight is 246 g/mol. The summed E-state index contributed by atoms with van der Waals surface area (Å²) in [7, 11) is 0.553. The Morgan fingerprint density at radius 3 is 2.19 bits per heavy atom. The summed E-state index contributed by atoms with van der Waals surface area (Å²) in [4.78, 5) is 0. The molecular weight excluding hydrogens is 216 g/mol. The first kappa shape index (κ1) is 16.1. The number of methoxy groups -OCH3 is 1. The lowest BCUT2D eigenvalue weighted by Gasteiger charge is -2.31. The van der Waals surface area contributed by atoms with E-state index in [2.05, 4.69) is 27.7 Å². The third-order valence-corrected chi connectivity index (χ3v) is 6.55. The highest BCUT2D eigenvalue weighted by Crippen LogP contribution is 2.32. The number of hydrogen-bond acceptors (Lipinski definition) is 2. The van der Waals surface area contributed by atoms with E-state index in [-0.39, 0.29) is 6.29 Å². The minimum absolute atomic E-state index is 0.0398. The molecule has 0 aliphatic carbocycles. The monoisotopic (exact) mass is 246 g/mol. The van der Waals surface area contributed by atoms with Gasteiger partial charge in [-0.15, -0.1) is 0 Å². The van der Waals surface area contributed by atoms with Crippen LogP contribution in [0.3, 0.4) is 0 Å². The maximum absolute atomic E-state index is 6.06. The molecule has 2 atom stereocenters. The summed E-state index contributed by atoms with van der Waals surface area (Å²) >= 11 is 0. The van der Waals surface area contributed by atoms with E-state index in [1.54, 1.807) is 7.11 Å². The first-order valence-electron chi connectivity index (χ1n) is 6.60. The van der Waals surface area contributed by atoms with Gasteiger partial charge in [0.25, 0.3) is 0 Å². The van der Waals surface area contributed by atoms with Gasteiger partial charge in [-0.25, -0.2) is 0 Å². The molecular formula is C13H30O2Si. The van der Waals surface area contributed by atoms with Crippen LogP contribution in [0.25, 0.3) is 0 Å². The molecule has 2 nitrogen and oxygen atoms in total. The van der Waals surface area contributed by atoms with Crippen LogP contribution in [0, 0.1) is 0 Å². The zero-order valence-electron chi connectivity index (χ0n) is 12.0. The molecule has 0 aliphatic rings. The van der Waals surface area contributed by atoms with Gasteiger partial charge in [0, 0.05) is 7.11 Å². The number of ether oxygens (including phenoxy) is 1. The van der Waals surface area contributed by atoms with E-state index in [1.165, 1.54) is 31.7 Å². The molecule has 2 unspecified atom stereocenters. The van der Waals surface area contributed by atoms with Crippen LogP contribution < -0.4 is 0 Å². The maximum atomic E-state index is 6.06. The number of hydrogen-bond donors (Lipinski definition) is 0. The minimum Gasteiger partial charge on any atom is -0.395 e. The lowest BCUT2D eigenvalue weighted by molar-refractivity contribution is -0.0440. The van der Waals surface area contributed by atoms with Crippen molar-refractivity contribution in [3.8, 4) is 0 Å². The third-order valence-electron chi connectivity index (χ3n) is 2.97. The zero-order valence-corrected chi connectivity index (χ0v) is 13.2. The summed E-state index contributed by atoms with van der Waals surface area (Å²) in [6.07, 6.45) is 5.28. The zero-order chi connectivity index (χ0) is 12.6. The molecule has 0 saturated carbocycles. The second kappa shape index (κ2) is 8.26. The largest absolute Gasteiger partial charge is 0.395 e. The predicted molar refractivity (Wildman–Crippen MR) is 73.4 cm³/mol. The van der Waals surface area contributed by atoms with Gasteiger partial charge < -0.3 is 9.16 Å². The standard InChI is InChI=1S/C13H30O2Si/c1-7-8-9-10-11-16(13(3,4)5)15-12(2)14-6/h12,16H,7-11H2,1-6H3. The van der Waals surface area contributed by atoms with Crippen molar-refractivity contribution in [2.75, 3.05) is 7.11 Å². The summed E-state index contributed by atoms with van der Waals surface area (Å²) in [6, 6.07) is 1.27. The van der Waals surface area contributed by atoms with Crippen LogP contribution in [-0.4, -0.2) is 22.4 Å². The van der Waals surface area contributed by atoms with Crippen LogP contribution in [0.5, 0.6) is 0 Å². The van der Waals surface area contributed by atoms with Gasteiger partial charge in [0.1, 0.15) is 6.29 Å². The van der Waals surface area contributed by atoms with Gasteiger partial charge in [0.2, 0.25) is 0 Å². The molecule has 0 spiro atoms. The quantitative estimate of drug-likeness (QED) is 0.365.